The van der Waals surface area contributed by atoms with Crippen LogP contribution >= 0.6 is 11.6 Å². The van der Waals surface area contributed by atoms with E-state index in [1.165, 1.54) is 12.1 Å². The van der Waals surface area contributed by atoms with Gasteiger partial charge in [-0.15, -0.1) is 0 Å². The maximum atomic E-state index is 13.9. The Hall–Kier alpha value is -3.32. The number of ether oxygens (including phenoxy) is 1. The van der Waals surface area contributed by atoms with Crippen molar-refractivity contribution in [1.82, 2.24) is 14.5 Å². The van der Waals surface area contributed by atoms with Gasteiger partial charge in [0.05, 0.1) is 24.8 Å². The standard InChI is InChI=1S/C26H26ClFN4O2/c1-17-15-32(16-29-17)23-6-5-18(11-25(23)33-2)10-19-4-3-8-31-9-7-24(34-30-26(19)31)20-12-21(27)14-22(28)13-20/h5-6,10-16,24H,3-4,7-9H2,1-2H3/b19-10+. The minimum absolute atomic E-state index is 0.342. The van der Waals surface area contributed by atoms with Crippen LogP contribution in [0.25, 0.3) is 11.8 Å². The van der Waals surface area contributed by atoms with E-state index in [4.69, 9.17) is 21.2 Å². The number of methoxy groups -OCH3 is 1. The van der Waals surface area contributed by atoms with Crippen LogP contribution in [0.15, 0.2) is 59.7 Å². The summed E-state index contributed by atoms with van der Waals surface area (Å²) in [6.07, 6.45) is 8.18. The Kier molecular flexibility index (Phi) is 6.28. The van der Waals surface area contributed by atoms with Crippen LogP contribution < -0.4 is 4.74 Å². The summed E-state index contributed by atoms with van der Waals surface area (Å²) in [5.74, 6) is 1.23. The Morgan fingerprint density at radius 3 is 2.85 bits per heavy atom. The van der Waals surface area contributed by atoms with Crippen LogP contribution in [0.2, 0.25) is 5.02 Å². The van der Waals surface area contributed by atoms with Crippen LogP contribution in [-0.4, -0.2) is 40.5 Å². The normalized spacial score (nSPS) is 19.3. The number of benzene rings is 2. The van der Waals surface area contributed by atoms with Gasteiger partial charge in [-0.3, -0.25) is 0 Å². The lowest BCUT2D eigenvalue weighted by atomic mass is 9.99. The van der Waals surface area contributed by atoms with Crippen LogP contribution in [-0.2, 0) is 4.84 Å². The zero-order valence-corrected chi connectivity index (χ0v) is 19.9. The molecule has 1 aromatic heterocycles. The van der Waals surface area contributed by atoms with Gasteiger partial charge in [-0.25, -0.2) is 9.37 Å². The third-order valence-corrected chi connectivity index (χ3v) is 6.40. The van der Waals surface area contributed by atoms with E-state index in [0.29, 0.717) is 17.0 Å². The molecule has 0 amide bonds. The summed E-state index contributed by atoms with van der Waals surface area (Å²) >= 11 is 6.06. The van der Waals surface area contributed by atoms with Crippen LogP contribution in [0.3, 0.4) is 0 Å². The lowest BCUT2D eigenvalue weighted by molar-refractivity contribution is 0.0574. The number of aromatic nitrogens is 2. The van der Waals surface area contributed by atoms with Crippen LogP contribution in [0.5, 0.6) is 5.75 Å². The van der Waals surface area contributed by atoms with E-state index < -0.39 is 0 Å². The van der Waals surface area contributed by atoms with E-state index in [9.17, 15) is 4.39 Å². The Balaban J connectivity index is 1.43. The van der Waals surface area contributed by atoms with Gasteiger partial charge in [0.15, 0.2) is 11.9 Å². The molecule has 8 heteroatoms. The highest BCUT2D eigenvalue weighted by atomic mass is 35.5. The van der Waals surface area contributed by atoms with Crippen LogP contribution in [0, 0.1) is 12.7 Å². The van der Waals surface area contributed by atoms with Crippen molar-refractivity contribution in [3.63, 3.8) is 0 Å². The second-order valence-electron chi connectivity index (χ2n) is 8.61. The Morgan fingerprint density at radius 1 is 1.21 bits per heavy atom. The summed E-state index contributed by atoms with van der Waals surface area (Å²) in [4.78, 5) is 12.5. The Labute approximate surface area is 203 Å². The lowest BCUT2D eigenvalue weighted by Crippen LogP contribution is -2.37. The van der Waals surface area contributed by atoms with E-state index in [-0.39, 0.29) is 11.9 Å². The fraction of sp³-hybridized carbons (Fsp3) is 0.308. The van der Waals surface area contributed by atoms with Gasteiger partial charge in [0.2, 0.25) is 0 Å². The van der Waals surface area contributed by atoms with Crippen molar-refractivity contribution in [1.29, 1.82) is 0 Å². The second kappa shape index (κ2) is 9.50. The summed E-state index contributed by atoms with van der Waals surface area (Å²) in [5.41, 5.74) is 4.71. The summed E-state index contributed by atoms with van der Waals surface area (Å²) in [7, 11) is 1.67. The minimum Gasteiger partial charge on any atom is -0.495 e. The number of piperidine rings is 1. The van der Waals surface area contributed by atoms with Crippen molar-refractivity contribution in [3.05, 3.63) is 82.2 Å². The molecule has 1 saturated heterocycles. The third kappa shape index (κ3) is 4.66. The highest BCUT2D eigenvalue weighted by Gasteiger charge is 2.28. The van der Waals surface area contributed by atoms with Gasteiger partial charge in [-0.2, -0.15) is 0 Å². The molecule has 6 nitrogen and oxygen atoms in total. The zero-order valence-electron chi connectivity index (χ0n) is 19.2. The molecule has 3 heterocycles. The van der Waals surface area contributed by atoms with E-state index >= 15 is 0 Å². The van der Waals surface area contributed by atoms with Crippen molar-refractivity contribution in [3.8, 4) is 11.4 Å². The number of amidine groups is 1. The Bertz CT molecular complexity index is 1250. The highest BCUT2D eigenvalue weighted by Crippen LogP contribution is 2.32. The molecule has 1 fully saturated rings. The molecular weight excluding hydrogens is 455 g/mol. The maximum Gasteiger partial charge on any atom is 0.171 e. The van der Waals surface area contributed by atoms with Gasteiger partial charge < -0.3 is 19.0 Å². The summed E-state index contributed by atoms with van der Waals surface area (Å²) in [6, 6.07) is 10.6. The summed E-state index contributed by atoms with van der Waals surface area (Å²) in [5, 5.41) is 4.87. The van der Waals surface area contributed by atoms with Gasteiger partial charge in [-0.1, -0.05) is 22.8 Å². The molecule has 2 aliphatic heterocycles. The number of aryl methyl sites for hydroxylation is 1. The largest absolute Gasteiger partial charge is 0.495 e. The predicted octanol–water partition coefficient (Wildman–Crippen LogP) is 5.94. The summed E-state index contributed by atoms with van der Waals surface area (Å²) < 4.78 is 21.5. The number of hydrogen-bond donors (Lipinski definition) is 0. The van der Waals surface area contributed by atoms with E-state index in [0.717, 1.165) is 60.0 Å². The van der Waals surface area contributed by atoms with Crippen molar-refractivity contribution in [2.24, 2.45) is 5.16 Å². The fourth-order valence-corrected chi connectivity index (χ4v) is 4.76. The average molecular weight is 481 g/mol. The SMILES string of the molecule is COc1cc(/C=C2\CCCN3CCC(c4cc(F)cc(Cl)c4)ON=C23)ccc1-n1cnc(C)c1. The molecule has 2 aromatic carbocycles. The molecule has 0 aliphatic carbocycles. The van der Waals surface area contributed by atoms with Gasteiger partial charge in [0, 0.05) is 30.7 Å². The second-order valence-corrected chi connectivity index (χ2v) is 9.05. The van der Waals surface area contributed by atoms with Crippen molar-refractivity contribution in [2.75, 3.05) is 20.2 Å². The molecule has 0 bridgehead atoms. The number of fused-ring (bicyclic) bond motifs is 1. The smallest absolute Gasteiger partial charge is 0.171 e. The third-order valence-electron chi connectivity index (χ3n) is 6.18. The van der Waals surface area contributed by atoms with Gasteiger partial charge in [0.1, 0.15) is 11.6 Å². The molecule has 0 spiro atoms. The van der Waals surface area contributed by atoms with Gasteiger partial charge >= 0.3 is 0 Å². The molecule has 1 unspecified atom stereocenters. The van der Waals surface area contributed by atoms with Gasteiger partial charge in [-0.05, 0) is 72.9 Å². The first-order valence-electron chi connectivity index (χ1n) is 11.3. The number of rotatable bonds is 4. The molecular formula is C26H26ClFN4O2. The van der Waals surface area contributed by atoms with Crippen LogP contribution in [0.1, 0.15) is 42.2 Å². The molecule has 5 rings (SSSR count). The number of imidazole rings is 1. The number of nitrogens with zero attached hydrogens (tertiary/aromatic N) is 4. The molecule has 2 aliphatic rings. The molecule has 34 heavy (non-hydrogen) atoms. The van der Waals surface area contributed by atoms with Gasteiger partial charge in [0.25, 0.3) is 0 Å². The maximum absolute atomic E-state index is 13.9. The molecule has 176 valence electrons. The topological polar surface area (TPSA) is 51.9 Å². The van der Waals surface area contributed by atoms with Crippen LogP contribution in [0.4, 0.5) is 4.39 Å². The number of oxime groups is 1. The molecule has 0 radical (unpaired) electrons. The monoisotopic (exact) mass is 480 g/mol. The molecule has 0 saturated carbocycles. The number of hydrogen-bond acceptors (Lipinski definition) is 5. The van der Waals surface area contributed by atoms with E-state index in [1.807, 2.05) is 29.8 Å². The first-order valence-corrected chi connectivity index (χ1v) is 11.7. The first kappa shape index (κ1) is 22.5. The molecule has 1 atom stereocenters. The number of halogens is 2. The quantitative estimate of drug-likeness (QED) is 0.464. The van der Waals surface area contributed by atoms with E-state index in [2.05, 4.69) is 27.2 Å². The molecule has 0 N–H and O–H groups in total. The lowest BCUT2D eigenvalue weighted by Gasteiger charge is -2.29. The van der Waals surface area contributed by atoms with Crippen molar-refractivity contribution < 1.29 is 14.0 Å². The summed E-state index contributed by atoms with van der Waals surface area (Å²) in [6.45, 7) is 3.65. The molecule has 3 aromatic rings. The fourth-order valence-electron chi connectivity index (χ4n) is 4.53. The highest BCUT2D eigenvalue weighted by molar-refractivity contribution is 6.30. The van der Waals surface area contributed by atoms with Crippen molar-refractivity contribution in [2.45, 2.75) is 32.3 Å². The minimum atomic E-state index is -0.371. The average Bonchev–Trinajstić information content (AvgIpc) is 3.12. The first-order chi connectivity index (χ1) is 16.5. The predicted molar refractivity (Wildman–Crippen MR) is 131 cm³/mol. The van der Waals surface area contributed by atoms with Crippen molar-refractivity contribution >= 4 is 23.5 Å². The Morgan fingerprint density at radius 2 is 2.09 bits per heavy atom. The van der Waals surface area contributed by atoms with E-state index in [1.54, 1.807) is 19.5 Å². The zero-order chi connectivity index (χ0) is 23.7.